The number of aliphatic imine (C=N–C) groups is 1. The van der Waals surface area contributed by atoms with Gasteiger partial charge in [0, 0.05) is 13.0 Å². The Labute approximate surface area is 103 Å². The molecule has 0 bridgehead atoms. The lowest BCUT2D eigenvalue weighted by atomic mass is 10.2. The molecular weight excluding hydrogens is 212 g/mol. The molecule has 1 heterocycles. The topological polar surface area (TPSA) is 33.6 Å². The molecule has 1 aromatic rings. The number of rotatable bonds is 2. The first-order valence-electron chi connectivity index (χ1n) is 6.24. The third-order valence-corrected chi connectivity index (χ3v) is 3.01. The molecule has 1 N–H and O–H groups in total. The third-order valence-electron chi connectivity index (χ3n) is 3.01. The van der Waals surface area contributed by atoms with Crippen molar-refractivity contribution in [2.45, 2.75) is 32.6 Å². The van der Waals surface area contributed by atoms with Crippen LogP contribution in [0.25, 0.3) is 0 Å². The van der Waals surface area contributed by atoms with Gasteiger partial charge in [0.1, 0.15) is 11.6 Å². The van der Waals surface area contributed by atoms with Gasteiger partial charge in [-0.2, -0.15) is 0 Å². The molecule has 0 aromatic heterocycles. The predicted molar refractivity (Wildman–Crippen MR) is 72.1 cm³/mol. The maximum atomic E-state index is 5.36. The van der Waals surface area contributed by atoms with E-state index in [0.717, 1.165) is 30.2 Å². The van der Waals surface area contributed by atoms with Crippen molar-refractivity contribution >= 4 is 11.5 Å². The molecule has 0 saturated heterocycles. The number of hydrogen-bond donors (Lipinski definition) is 1. The molecule has 92 valence electrons. The van der Waals surface area contributed by atoms with E-state index in [1.807, 2.05) is 6.07 Å². The minimum atomic E-state index is 0.877. The number of ether oxygens (including phenoxy) is 1. The molecule has 1 aliphatic heterocycles. The summed E-state index contributed by atoms with van der Waals surface area (Å²) in [6.45, 7) is 3.02. The summed E-state index contributed by atoms with van der Waals surface area (Å²) in [5.74, 6) is 1.97. The number of nitrogens with one attached hydrogen (secondary N) is 1. The van der Waals surface area contributed by atoms with Crippen molar-refractivity contribution in [3.63, 3.8) is 0 Å². The van der Waals surface area contributed by atoms with Crippen LogP contribution in [-0.4, -0.2) is 19.5 Å². The summed E-state index contributed by atoms with van der Waals surface area (Å²) in [4.78, 5) is 4.57. The molecule has 3 nitrogen and oxygen atoms in total. The number of aryl methyl sites for hydroxylation is 1. The van der Waals surface area contributed by atoms with E-state index in [1.54, 1.807) is 7.11 Å². The zero-order valence-corrected chi connectivity index (χ0v) is 10.6. The third kappa shape index (κ3) is 3.22. The van der Waals surface area contributed by atoms with Gasteiger partial charge in [0.05, 0.1) is 12.8 Å². The highest BCUT2D eigenvalue weighted by Gasteiger charge is 2.08. The normalized spacial score (nSPS) is 16.0. The summed E-state index contributed by atoms with van der Waals surface area (Å²) >= 11 is 0. The molecule has 3 heteroatoms. The highest BCUT2D eigenvalue weighted by molar-refractivity contribution is 5.96. The van der Waals surface area contributed by atoms with Crippen molar-refractivity contribution in [2.24, 2.45) is 4.99 Å². The summed E-state index contributed by atoms with van der Waals surface area (Å²) in [5.41, 5.74) is 2.25. The van der Waals surface area contributed by atoms with Crippen molar-refractivity contribution < 1.29 is 4.74 Å². The molecule has 0 radical (unpaired) electrons. The van der Waals surface area contributed by atoms with Crippen molar-refractivity contribution in [3.05, 3.63) is 23.8 Å². The van der Waals surface area contributed by atoms with Gasteiger partial charge in [0.25, 0.3) is 0 Å². The Balaban J connectivity index is 2.16. The van der Waals surface area contributed by atoms with E-state index in [4.69, 9.17) is 4.74 Å². The van der Waals surface area contributed by atoms with E-state index in [0.29, 0.717) is 0 Å². The van der Waals surface area contributed by atoms with E-state index in [-0.39, 0.29) is 0 Å². The van der Waals surface area contributed by atoms with Crippen LogP contribution in [0.4, 0.5) is 5.69 Å². The van der Waals surface area contributed by atoms with Crippen LogP contribution in [0.15, 0.2) is 23.2 Å². The minimum absolute atomic E-state index is 0.877. The monoisotopic (exact) mass is 232 g/mol. The fraction of sp³-hybridized carbons (Fsp3) is 0.500. The number of methoxy groups -OCH3 is 1. The average Bonchev–Trinajstić information content (AvgIpc) is 2.58. The maximum Gasteiger partial charge on any atom is 0.142 e. The lowest BCUT2D eigenvalue weighted by Crippen LogP contribution is -2.12. The Kier molecular flexibility index (Phi) is 4.02. The Morgan fingerprint density at radius 2 is 2.12 bits per heavy atom. The van der Waals surface area contributed by atoms with Gasteiger partial charge in [-0.05, 0) is 37.5 Å². The number of hydrogen-bond acceptors (Lipinski definition) is 3. The summed E-state index contributed by atoms with van der Waals surface area (Å²) in [5, 5.41) is 3.41. The zero-order chi connectivity index (χ0) is 12.1. The molecule has 0 spiro atoms. The van der Waals surface area contributed by atoms with Crippen molar-refractivity contribution in [1.82, 2.24) is 0 Å². The summed E-state index contributed by atoms with van der Waals surface area (Å²) < 4.78 is 5.36. The lowest BCUT2D eigenvalue weighted by Gasteiger charge is -2.13. The fourth-order valence-corrected chi connectivity index (χ4v) is 2.05. The molecule has 2 rings (SSSR count). The largest absolute Gasteiger partial charge is 0.495 e. The van der Waals surface area contributed by atoms with E-state index < -0.39 is 0 Å². The van der Waals surface area contributed by atoms with Crippen LogP contribution in [0.5, 0.6) is 5.75 Å². The van der Waals surface area contributed by atoms with Gasteiger partial charge < -0.3 is 10.1 Å². The average molecular weight is 232 g/mol. The van der Waals surface area contributed by atoms with Gasteiger partial charge >= 0.3 is 0 Å². The van der Waals surface area contributed by atoms with Crippen molar-refractivity contribution in [1.29, 1.82) is 0 Å². The number of benzene rings is 1. The van der Waals surface area contributed by atoms with Gasteiger partial charge in [0.2, 0.25) is 0 Å². The van der Waals surface area contributed by atoms with Crippen molar-refractivity contribution in [2.75, 3.05) is 19.0 Å². The van der Waals surface area contributed by atoms with E-state index in [2.05, 4.69) is 29.4 Å². The zero-order valence-electron chi connectivity index (χ0n) is 10.6. The highest BCUT2D eigenvalue weighted by atomic mass is 16.5. The quantitative estimate of drug-likeness (QED) is 0.848. The second-order valence-corrected chi connectivity index (χ2v) is 4.47. The van der Waals surface area contributed by atoms with Crippen LogP contribution in [-0.2, 0) is 0 Å². The molecule has 0 atom stereocenters. The molecule has 0 amide bonds. The molecule has 0 unspecified atom stereocenters. The summed E-state index contributed by atoms with van der Waals surface area (Å²) in [6.07, 6.45) is 4.74. The minimum Gasteiger partial charge on any atom is -0.495 e. The van der Waals surface area contributed by atoms with E-state index >= 15 is 0 Å². The first-order valence-corrected chi connectivity index (χ1v) is 6.24. The summed E-state index contributed by atoms with van der Waals surface area (Å²) in [6, 6.07) is 6.15. The van der Waals surface area contributed by atoms with Crippen LogP contribution in [0, 0.1) is 6.92 Å². The Hall–Kier alpha value is -1.51. The highest BCUT2D eigenvalue weighted by Crippen LogP contribution is 2.26. The van der Waals surface area contributed by atoms with Crippen LogP contribution in [0.1, 0.15) is 31.2 Å². The smallest absolute Gasteiger partial charge is 0.142 e. The molecule has 1 aromatic carbocycles. The standard InChI is InChI=1S/C14H20N2O/c1-11-7-8-13(17-2)12(10-11)16-14-6-4-3-5-9-15-14/h7-8,10H,3-6,9H2,1-2H3,(H,15,16). The van der Waals surface area contributed by atoms with Crippen LogP contribution < -0.4 is 10.1 Å². The van der Waals surface area contributed by atoms with Crippen LogP contribution >= 0.6 is 0 Å². The van der Waals surface area contributed by atoms with Crippen LogP contribution in [0.3, 0.4) is 0 Å². The number of nitrogens with zero attached hydrogens (tertiary/aromatic N) is 1. The predicted octanol–water partition coefficient (Wildman–Crippen LogP) is 3.39. The van der Waals surface area contributed by atoms with Gasteiger partial charge in [-0.25, -0.2) is 0 Å². The van der Waals surface area contributed by atoms with E-state index in [9.17, 15) is 0 Å². The van der Waals surface area contributed by atoms with Gasteiger partial charge in [0.15, 0.2) is 0 Å². The van der Waals surface area contributed by atoms with Gasteiger partial charge in [-0.15, -0.1) is 0 Å². The SMILES string of the molecule is COc1ccc(C)cc1NC1=NCCCCC1. The first-order chi connectivity index (χ1) is 8.29. The van der Waals surface area contributed by atoms with Gasteiger partial charge in [-0.3, -0.25) is 4.99 Å². The molecule has 17 heavy (non-hydrogen) atoms. The fourth-order valence-electron chi connectivity index (χ4n) is 2.05. The molecule has 0 saturated carbocycles. The Morgan fingerprint density at radius 3 is 2.94 bits per heavy atom. The second kappa shape index (κ2) is 5.71. The number of anilines is 1. The first kappa shape index (κ1) is 12.0. The lowest BCUT2D eigenvalue weighted by molar-refractivity contribution is 0.417. The second-order valence-electron chi connectivity index (χ2n) is 4.47. The number of amidine groups is 1. The Morgan fingerprint density at radius 1 is 1.24 bits per heavy atom. The summed E-state index contributed by atoms with van der Waals surface area (Å²) in [7, 11) is 1.70. The molecule has 0 aliphatic carbocycles. The molecule has 1 aliphatic rings. The molecular formula is C14H20N2O. The maximum absolute atomic E-state index is 5.36. The van der Waals surface area contributed by atoms with Crippen molar-refractivity contribution in [3.8, 4) is 5.75 Å². The van der Waals surface area contributed by atoms with Crippen LogP contribution in [0.2, 0.25) is 0 Å². The Bertz CT molecular complexity index is 413. The van der Waals surface area contributed by atoms with E-state index in [1.165, 1.54) is 24.8 Å². The van der Waals surface area contributed by atoms with Gasteiger partial charge in [-0.1, -0.05) is 12.5 Å². The molecule has 0 fully saturated rings.